The minimum Gasteiger partial charge on any atom is -0.504 e. The number of hydrogen-bond donors (Lipinski definition) is 1. The van der Waals surface area contributed by atoms with E-state index in [-0.39, 0.29) is 16.9 Å². The lowest BCUT2D eigenvalue weighted by atomic mass is 9.88. The quantitative estimate of drug-likeness (QED) is 0.534. The van der Waals surface area contributed by atoms with E-state index in [1.807, 2.05) is 6.08 Å². The molecule has 0 fully saturated rings. The van der Waals surface area contributed by atoms with Gasteiger partial charge in [0, 0.05) is 11.1 Å². The number of Topliss-reactive ketones (excluding diaryl/α,β-unsaturated/α-hetero) is 2. The first kappa shape index (κ1) is 19.2. The first-order valence-electron chi connectivity index (χ1n) is 9.45. The Morgan fingerprint density at radius 3 is 2.04 bits per heavy atom. The van der Waals surface area contributed by atoms with Crippen LogP contribution in [0, 0.1) is 0 Å². The van der Waals surface area contributed by atoms with Crippen LogP contribution in [0.15, 0.2) is 47.7 Å². The van der Waals surface area contributed by atoms with E-state index in [2.05, 4.69) is 6.92 Å². The van der Waals surface area contributed by atoms with Gasteiger partial charge >= 0.3 is 0 Å². The van der Waals surface area contributed by atoms with E-state index in [1.54, 1.807) is 30.3 Å². The van der Waals surface area contributed by atoms with Gasteiger partial charge in [0.05, 0.1) is 5.57 Å². The smallest absolute Gasteiger partial charge is 0.228 e. The molecule has 25 heavy (non-hydrogen) atoms. The van der Waals surface area contributed by atoms with Crippen molar-refractivity contribution in [2.45, 2.75) is 64.7 Å². The average molecular weight is 340 g/mol. The van der Waals surface area contributed by atoms with Crippen molar-refractivity contribution in [3.05, 3.63) is 58.9 Å². The molecule has 0 saturated heterocycles. The molecule has 1 aliphatic carbocycles. The number of benzene rings is 1. The summed E-state index contributed by atoms with van der Waals surface area (Å²) >= 11 is 0. The zero-order valence-corrected chi connectivity index (χ0v) is 15.1. The summed E-state index contributed by atoms with van der Waals surface area (Å²) in [5.41, 5.74) is 0.769. The highest BCUT2D eigenvalue weighted by molar-refractivity contribution is 6.26. The summed E-state index contributed by atoms with van der Waals surface area (Å²) in [6.07, 6.45) is 14.4. The Hall–Kier alpha value is -2.16. The highest BCUT2D eigenvalue weighted by atomic mass is 16.3. The van der Waals surface area contributed by atoms with E-state index in [4.69, 9.17) is 0 Å². The molecule has 2 rings (SSSR count). The van der Waals surface area contributed by atoms with Gasteiger partial charge in [0.1, 0.15) is 0 Å². The van der Waals surface area contributed by atoms with Gasteiger partial charge in [0.25, 0.3) is 0 Å². The van der Waals surface area contributed by atoms with E-state index >= 15 is 0 Å². The molecule has 0 unspecified atom stereocenters. The zero-order valence-electron chi connectivity index (χ0n) is 15.1. The molecular formula is C22H28O3. The Balaban J connectivity index is 1.80. The van der Waals surface area contributed by atoms with Crippen LogP contribution in [0.25, 0.3) is 0 Å². The minimum absolute atomic E-state index is 0.114. The van der Waals surface area contributed by atoms with Crippen molar-refractivity contribution in [3.63, 3.8) is 0 Å². The molecule has 0 aromatic heterocycles. The third-order valence-corrected chi connectivity index (χ3v) is 4.64. The number of unbranched alkanes of at least 4 members (excludes halogenated alkanes) is 8. The van der Waals surface area contributed by atoms with Gasteiger partial charge < -0.3 is 5.11 Å². The molecule has 1 aromatic carbocycles. The summed E-state index contributed by atoms with van der Waals surface area (Å²) in [5, 5.41) is 10.1. The van der Waals surface area contributed by atoms with Gasteiger partial charge in [-0.05, 0) is 12.8 Å². The van der Waals surface area contributed by atoms with Crippen molar-refractivity contribution in [2.75, 3.05) is 0 Å². The Labute approximate surface area is 150 Å². The van der Waals surface area contributed by atoms with E-state index in [0.29, 0.717) is 5.56 Å². The molecule has 0 aliphatic heterocycles. The van der Waals surface area contributed by atoms with Crippen LogP contribution in [0.1, 0.15) is 85.4 Å². The summed E-state index contributed by atoms with van der Waals surface area (Å²) in [6.45, 7) is 2.22. The number of carbonyl (C=O) groups excluding carboxylic acids is 2. The van der Waals surface area contributed by atoms with E-state index in [9.17, 15) is 14.7 Å². The number of aliphatic hydroxyl groups is 1. The van der Waals surface area contributed by atoms with Gasteiger partial charge in [0.2, 0.25) is 5.78 Å². The molecule has 0 spiro atoms. The van der Waals surface area contributed by atoms with Crippen LogP contribution in [0.3, 0.4) is 0 Å². The van der Waals surface area contributed by atoms with Crippen molar-refractivity contribution in [1.82, 2.24) is 0 Å². The van der Waals surface area contributed by atoms with Crippen molar-refractivity contribution in [2.24, 2.45) is 0 Å². The number of aliphatic hydroxyl groups excluding tert-OH is 1. The maximum atomic E-state index is 12.4. The maximum Gasteiger partial charge on any atom is 0.228 e. The second kappa shape index (κ2) is 9.97. The van der Waals surface area contributed by atoms with Crippen LogP contribution in [-0.2, 0) is 0 Å². The van der Waals surface area contributed by atoms with Crippen molar-refractivity contribution in [1.29, 1.82) is 0 Å². The number of allylic oxidation sites excluding steroid dienone is 4. The van der Waals surface area contributed by atoms with Gasteiger partial charge in [-0.2, -0.15) is 0 Å². The van der Waals surface area contributed by atoms with E-state index in [1.165, 1.54) is 44.9 Å². The summed E-state index contributed by atoms with van der Waals surface area (Å²) in [4.78, 5) is 24.6. The van der Waals surface area contributed by atoms with Crippen LogP contribution < -0.4 is 0 Å². The van der Waals surface area contributed by atoms with Gasteiger partial charge in [-0.15, -0.1) is 0 Å². The lowest BCUT2D eigenvalue weighted by Gasteiger charge is -2.15. The Bertz CT molecular complexity index is 668. The van der Waals surface area contributed by atoms with Crippen LogP contribution >= 0.6 is 0 Å². The average Bonchev–Trinajstić information content (AvgIpc) is 2.64. The van der Waals surface area contributed by atoms with E-state index < -0.39 is 11.5 Å². The highest BCUT2D eigenvalue weighted by Crippen LogP contribution is 2.25. The normalized spacial score (nSPS) is 14.4. The predicted octanol–water partition coefficient (Wildman–Crippen LogP) is 5.96. The topological polar surface area (TPSA) is 54.4 Å². The molecule has 1 N–H and O–H groups in total. The first-order valence-corrected chi connectivity index (χ1v) is 9.45. The molecule has 0 heterocycles. The maximum absolute atomic E-state index is 12.4. The summed E-state index contributed by atoms with van der Waals surface area (Å²) in [5.74, 6) is -1.18. The molecule has 1 aromatic rings. The molecule has 1 aliphatic rings. The van der Waals surface area contributed by atoms with Gasteiger partial charge in [-0.3, -0.25) is 9.59 Å². The molecule has 3 heteroatoms. The SMILES string of the molecule is CCCCCCCCCCC=CC1=C(O)C(=O)c2ccccc2C1=O. The second-order valence-electron chi connectivity index (χ2n) is 6.63. The largest absolute Gasteiger partial charge is 0.504 e. The number of hydrogen-bond acceptors (Lipinski definition) is 3. The van der Waals surface area contributed by atoms with Crippen molar-refractivity contribution >= 4 is 11.6 Å². The number of fused-ring (bicyclic) bond motifs is 1. The highest BCUT2D eigenvalue weighted by Gasteiger charge is 2.30. The van der Waals surface area contributed by atoms with Gasteiger partial charge in [-0.25, -0.2) is 0 Å². The summed E-state index contributed by atoms with van der Waals surface area (Å²) in [6, 6.07) is 6.63. The molecule has 0 radical (unpaired) electrons. The standard InChI is InChI=1S/C22H28O3/c1-2-3-4-5-6-7-8-9-10-11-16-19-20(23)17-14-12-13-15-18(17)21(24)22(19)25/h11-16,25H,2-10H2,1H3. The fourth-order valence-corrected chi connectivity index (χ4v) is 3.13. The lowest BCUT2D eigenvalue weighted by Crippen LogP contribution is -2.21. The minimum atomic E-state index is -0.470. The van der Waals surface area contributed by atoms with Crippen LogP contribution in [-0.4, -0.2) is 16.7 Å². The molecule has 0 bridgehead atoms. The Morgan fingerprint density at radius 2 is 1.40 bits per heavy atom. The van der Waals surface area contributed by atoms with Gasteiger partial charge in [0.15, 0.2) is 11.5 Å². The molecular weight excluding hydrogens is 312 g/mol. The fraction of sp³-hybridized carbons (Fsp3) is 0.455. The van der Waals surface area contributed by atoms with Crippen LogP contribution in [0.2, 0.25) is 0 Å². The Morgan fingerprint density at radius 1 is 0.840 bits per heavy atom. The van der Waals surface area contributed by atoms with E-state index in [0.717, 1.165) is 12.8 Å². The third kappa shape index (κ3) is 5.15. The summed E-state index contributed by atoms with van der Waals surface area (Å²) < 4.78 is 0. The number of ketones is 2. The van der Waals surface area contributed by atoms with Crippen LogP contribution in [0.4, 0.5) is 0 Å². The zero-order chi connectivity index (χ0) is 18.1. The Kier molecular flexibility index (Phi) is 7.65. The molecule has 0 atom stereocenters. The monoisotopic (exact) mass is 340 g/mol. The third-order valence-electron chi connectivity index (χ3n) is 4.64. The van der Waals surface area contributed by atoms with Crippen LogP contribution in [0.5, 0.6) is 0 Å². The summed E-state index contributed by atoms with van der Waals surface area (Å²) in [7, 11) is 0. The molecule has 0 amide bonds. The second-order valence-corrected chi connectivity index (χ2v) is 6.63. The lowest BCUT2D eigenvalue weighted by molar-refractivity contribution is 0.0932. The number of carbonyl (C=O) groups is 2. The molecule has 0 saturated carbocycles. The fourth-order valence-electron chi connectivity index (χ4n) is 3.13. The molecule has 134 valence electrons. The van der Waals surface area contributed by atoms with Crippen molar-refractivity contribution < 1.29 is 14.7 Å². The first-order chi connectivity index (χ1) is 12.2. The van der Waals surface area contributed by atoms with Gasteiger partial charge in [-0.1, -0.05) is 88.3 Å². The molecule has 3 nitrogen and oxygen atoms in total. The predicted molar refractivity (Wildman–Crippen MR) is 101 cm³/mol. The van der Waals surface area contributed by atoms with Crippen molar-refractivity contribution in [3.8, 4) is 0 Å². The number of rotatable bonds is 10.